The van der Waals surface area contributed by atoms with Crippen LogP contribution in [0.2, 0.25) is 0 Å². The monoisotopic (exact) mass is 1170 g/mol. The van der Waals surface area contributed by atoms with Crippen LogP contribution in [0.25, 0.3) is 0 Å². The lowest BCUT2D eigenvalue weighted by Crippen LogP contribution is -2.45. The van der Waals surface area contributed by atoms with Crippen molar-refractivity contribution >= 4 is 11.9 Å². The number of rotatable bonds is 73. The van der Waals surface area contributed by atoms with E-state index in [1.807, 2.05) is 0 Å². The van der Waals surface area contributed by atoms with Crippen LogP contribution in [0.4, 0.5) is 0 Å². The first-order chi connectivity index (χ1) is 41.0. The third-order valence-corrected chi connectivity index (χ3v) is 18.3. The summed E-state index contributed by atoms with van der Waals surface area (Å²) in [5.41, 5.74) is 0. The Balaban J connectivity index is 3.32. The number of carbonyl (C=O) groups is 2. The van der Waals surface area contributed by atoms with Gasteiger partial charge in [0, 0.05) is 12.8 Å². The molecule has 0 aliphatic carbocycles. The standard InChI is InChI=1S/C77H151NO5/c1-3-5-7-9-11-13-15-17-19-20-21-35-38-42-45-49-53-57-61-65-69-75(80)74(73-79)78-76(81)70-66-62-58-54-50-46-43-39-36-33-31-29-27-25-23-22-24-26-28-30-32-34-37-40-44-48-52-56-60-64-68-72-83-77(82)71-67-63-59-55-51-47-41-18-16-14-12-10-8-6-4-2/h18,41,74-75,79-80H,3-17,19-40,42-73H2,1-2H3,(H,78,81)/b41-18-. The maximum atomic E-state index is 12.6. The summed E-state index contributed by atoms with van der Waals surface area (Å²) in [6.45, 7) is 5.00. The molecule has 1 amide bonds. The van der Waals surface area contributed by atoms with E-state index >= 15 is 0 Å². The van der Waals surface area contributed by atoms with Gasteiger partial charge in [0.15, 0.2) is 0 Å². The summed E-state index contributed by atoms with van der Waals surface area (Å²) in [6, 6.07) is -0.538. The van der Waals surface area contributed by atoms with Crippen molar-refractivity contribution in [3.05, 3.63) is 12.2 Å². The summed E-state index contributed by atoms with van der Waals surface area (Å²) in [7, 11) is 0. The van der Waals surface area contributed by atoms with Crippen molar-refractivity contribution in [2.45, 2.75) is 456 Å². The fraction of sp³-hybridized carbons (Fsp3) is 0.948. The number of carbonyl (C=O) groups excluding carboxylic acids is 2. The number of ether oxygens (including phenoxy) is 1. The van der Waals surface area contributed by atoms with Gasteiger partial charge in [-0.3, -0.25) is 9.59 Å². The number of aliphatic hydroxyl groups excluding tert-OH is 2. The second-order valence-corrected chi connectivity index (χ2v) is 26.7. The Bertz CT molecular complexity index is 1260. The van der Waals surface area contributed by atoms with E-state index in [0.29, 0.717) is 25.9 Å². The maximum Gasteiger partial charge on any atom is 0.305 e. The highest BCUT2D eigenvalue weighted by molar-refractivity contribution is 5.76. The highest BCUT2D eigenvalue weighted by atomic mass is 16.5. The zero-order valence-electron chi connectivity index (χ0n) is 56.7. The molecule has 0 saturated carbocycles. The molecule has 0 fully saturated rings. The molecule has 494 valence electrons. The zero-order valence-corrected chi connectivity index (χ0v) is 56.7. The Kier molecular flexibility index (Phi) is 71.8. The lowest BCUT2D eigenvalue weighted by molar-refractivity contribution is -0.143. The Labute approximate surface area is 520 Å². The molecule has 3 N–H and O–H groups in total. The molecule has 6 nitrogen and oxygen atoms in total. The van der Waals surface area contributed by atoms with Crippen LogP contribution in [-0.2, 0) is 14.3 Å². The average Bonchev–Trinajstić information content (AvgIpc) is 3.49. The van der Waals surface area contributed by atoms with E-state index in [2.05, 4.69) is 31.3 Å². The second kappa shape index (κ2) is 73.1. The Morgan fingerprint density at radius 3 is 0.855 bits per heavy atom. The largest absolute Gasteiger partial charge is 0.466 e. The van der Waals surface area contributed by atoms with E-state index in [9.17, 15) is 19.8 Å². The van der Waals surface area contributed by atoms with Gasteiger partial charge < -0.3 is 20.3 Å². The van der Waals surface area contributed by atoms with Crippen LogP contribution in [0, 0.1) is 0 Å². The number of aliphatic hydroxyl groups is 2. The normalized spacial score (nSPS) is 12.5. The molecule has 0 spiro atoms. The minimum Gasteiger partial charge on any atom is -0.466 e. The molecule has 0 bridgehead atoms. The van der Waals surface area contributed by atoms with Gasteiger partial charge in [-0.2, -0.15) is 0 Å². The number of esters is 1. The minimum absolute atomic E-state index is 0.0139. The number of nitrogens with one attached hydrogen (secondary N) is 1. The summed E-state index contributed by atoms with van der Waals surface area (Å²) >= 11 is 0. The molecule has 6 heteroatoms. The summed E-state index contributed by atoms with van der Waals surface area (Å²) < 4.78 is 5.50. The quantitative estimate of drug-likeness (QED) is 0.0320. The molecule has 0 rings (SSSR count). The molecule has 0 aromatic heterocycles. The first kappa shape index (κ1) is 81.6. The Hall–Kier alpha value is -1.40. The van der Waals surface area contributed by atoms with E-state index in [4.69, 9.17) is 4.74 Å². The minimum atomic E-state index is -0.662. The Morgan fingerprint density at radius 2 is 0.566 bits per heavy atom. The van der Waals surface area contributed by atoms with E-state index < -0.39 is 12.1 Å². The van der Waals surface area contributed by atoms with Crippen molar-refractivity contribution in [2.75, 3.05) is 13.2 Å². The third kappa shape index (κ3) is 69.6. The van der Waals surface area contributed by atoms with Gasteiger partial charge in [-0.25, -0.2) is 0 Å². The number of hydrogen-bond acceptors (Lipinski definition) is 5. The molecule has 2 unspecified atom stereocenters. The molecule has 0 aromatic carbocycles. The first-order valence-corrected chi connectivity index (χ1v) is 38.4. The fourth-order valence-electron chi connectivity index (χ4n) is 12.5. The average molecular weight is 1170 g/mol. The molecule has 0 aliphatic rings. The summed E-state index contributed by atoms with van der Waals surface area (Å²) in [5.74, 6) is -0.0116. The van der Waals surface area contributed by atoms with Gasteiger partial charge in [0.25, 0.3) is 0 Å². The smallest absolute Gasteiger partial charge is 0.305 e. The van der Waals surface area contributed by atoms with Crippen molar-refractivity contribution < 1.29 is 24.5 Å². The van der Waals surface area contributed by atoms with Gasteiger partial charge in [-0.05, 0) is 51.4 Å². The van der Waals surface area contributed by atoms with Crippen molar-refractivity contribution in [1.29, 1.82) is 0 Å². The van der Waals surface area contributed by atoms with Gasteiger partial charge in [0.05, 0.1) is 25.4 Å². The summed E-state index contributed by atoms with van der Waals surface area (Å²) in [5, 5.41) is 23.4. The molecule has 0 aliphatic heterocycles. The Morgan fingerprint density at radius 1 is 0.325 bits per heavy atom. The maximum absolute atomic E-state index is 12.6. The van der Waals surface area contributed by atoms with Crippen molar-refractivity contribution in [2.24, 2.45) is 0 Å². The molecule has 0 radical (unpaired) electrons. The van der Waals surface area contributed by atoms with Crippen LogP contribution in [0.1, 0.15) is 444 Å². The number of hydrogen-bond donors (Lipinski definition) is 3. The van der Waals surface area contributed by atoms with Crippen LogP contribution in [0.5, 0.6) is 0 Å². The summed E-state index contributed by atoms with van der Waals surface area (Å²) in [4.78, 5) is 24.6. The number of unbranched alkanes of at least 4 members (excludes halogenated alkanes) is 60. The fourth-order valence-corrected chi connectivity index (χ4v) is 12.5. The van der Waals surface area contributed by atoms with Gasteiger partial charge in [-0.1, -0.05) is 392 Å². The zero-order chi connectivity index (χ0) is 59.9. The van der Waals surface area contributed by atoms with Gasteiger partial charge in [-0.15, -0.1) is 0 Å². The lowest BCUT2D eigenvalue weighted by Gasteiger charge is -2.22. The van der Waals surface area contributed by atoms with Crippen molar-refractivity contribution in [1.82, 2.24) is 5.32 Å². The SMILES string of the molecule is CCCCCCCC/C=C\CCCCCCCC(=O)OCCCCCCCCCCCCCCCCCCCCCCCCCCCCCCCCCC(=O)NC(CO)C(O)CCCCCCCCCCCCCCCCCCCCCC. The van der Waals surface area contributed by atoms with Crippen molar-refractivity contribution in [3.63, 3.8) is 0 Å². The van der Waals surface area contributed by atoms with Gasteiger partial charge >= 0.3 is 5.97 Å². The highest BCUT2D eigenvalue weighted by Gasteiger charge is 2.20. The van der Waals surface area contributed by atoms with E-state index in [0.717, 1.165) is 44.9 Å². The number of allylic oxidation sites excluding steroid dienone is 2. The number of amides is 1. The molecule has 2 atom stereocenters. The van der Waals surface area contributed by atoms with Crippen LogP contribution >= 0.6 is 0 Å². The van der Waals surface area contributed by atoms with Crippen LogP contribution in [-0.4, -0.2) is 47.4 Å². The van der Waals surface area contributed by atoms with Crippen LogP contribution < -0.4 is 5.32 Å². The third-order valence-electron chi connectivity index (χ3n) is 18.3. The first-order valence-electron chi connectivity index (χ1n) is 38.4. The highest BCUT2D eigenvalue weighted by Crippen LogP contribution is 2.20. The molecule has 0 aromatic rings. The van der Waals surface area contributed by atoms with Crippen molar-refractivity contribution in [3.8, 4) is 0 Å². The molecule has 0 saturated heterocycles. The molecular weight excluding hydrogens is 1020 g/mol. The molecular formula is C77H151NO5. The second-order valence-electron chi connectivity index (χ2n) is 26.7. The van der Waals surface area contributed by atoms with E-state index in [1.54, 1.807) is 0 Å². The van der Waals surface area contributed by atoms with Gasteiger partial charge in [0.2, 0.25) is 5.91 Å². The molecule has 83 heavy (non-hydrogen) atoms. The predicted molar refractivity (Wildman–Crippen MR) is 366 cm³/mol. The lowest BCUT2D eigenvalue weighted by atomic mass is 10.0. The predicted octanol–water partition coefficient (Wildman–Crippen LogP) is 25.1. The topological polar surface area (TPSA) is 95.9 Å². The van der Waals surface area contributed by atoms with E-state index in [1.165, 1.54) is 366 Å². The van der Waals surface area contributed by atoms with E-state index in [-0.39, 0.29) is 18.5 Å². The van der Waals surface area contributed by atoms with Crippen LogP contribution in [0.3, 0.4) is 0 Å². The summed E-state index contributed by atoms with van der Waals surface area (Å²) in [6.07, 6.45) is 91.5. The van der Waals surface area contributed by atoms with Crippen LogP contribution in [0.15, 0.2) is 12.2 Å². The molecule has 0 heterocycles. The van der Waals surface area contributed by atoms with Gasteiger partial charge in [0.1, 0.15) is 0 Å².